The van der Waals surface area contributed by atoms with E-state index in [1.165, 1.54) is 0 Å². The fourth-order valence-corrected chi connectivity index (χ4v) is 2.32. The summed E-state index contributed by atoms with van der Waals surface area (Å²) in [7, 11) is 0.883. The molecule has 0 aliphatic rings. The number of hydrogen-bond donors (Lipinski definition) is 1. The molecule has 15 heavy (non-hydrogen) atoms. The molecule has 2 N–H and O–H groups in total. The first-order valence-corrected chi connectivity index (χ1v) is 6.74. The Morgan fingerprint density at radius 1 is 1.33 bits per heavy atom. The van der Waals surface area contributed by atoms with Crippen molar-refractivity contribution >= 4 is 10.8 Å². The number of hydrogen-bond acceptors (Lipinski definition) is 4. The predicted octanol–water partition coefficient (Wildman–Crippen LogP) is 0.526. The summed E-state index contributed by atoms with van der Waals surface area (Å²) < 4.78 is 21.7. The Morgan fingerprint density at radius 2 is 2.07 bits per heavy atom. The summed E-state index contributed by atoms with van der Waals surface area (Å²) in [5, 5.41) is 0.203. The van der Waals surface area contributed by atoms with E-state index in [9.17, 15) is 4.21 Å². The molecule has 0 spiro atoms. The molecule has 0 aromatic carbocycles. The summed E-state index contributed by atoms with van der Waals surface area (Å²) in [6.45, 7) is 4.48. The normalized spacial score (nSPS) is 15.1. The molecule has 2 atom stereocenters. The van der Waals surface area contributed by atoms with Crippen LogP contribution < -0.4 is 5.73 Å². The van der Waals surface area contributed by atoms with Crippen LogP contribution in [-0.4, -0.2) is 48.7 Å². The standard InChI is InChI=1S/C10H23NO3S/c1-10(4-5-11)15(12)9-3-6-14-8-7-13-2/h10H,3-9,11H2,1-2H3. The highest BCUT2D eigenvalue weighted by Crippen LogP contribution is 2.02. The van der Waals surface area contributed by atoms with E-state index in [1.54, 1.807) is 7.11 Å². The predicted molar refractivity (Wildman–Crippen MR) is 63.5 cm³/mol. The van der Waals surface area contributed by atoms with Gasteiger partial charge in [-0.25, -0.2) is 0 Å². The van der Waals surface area contributed by atoms with Crippen LogP contribution in [0.5, 0.6) is 0 Å². The van der Waals surface area contributed by atoms with Crippen molar-refractivity contribution in [1.29, 1.82) is 0 Å². The molecule has 0 rings (SSSR count). The van der Waals surface area contributed by atoms with Crippen molar-refractivity contribution in [2.24, 2.45) is 5.73 Å². The molecule has 0 bridgehead atoms. The van der Waals surface area contributed by atoms with Gasteiger partial charge in [0, 0.05) is 35.5 Å². The quantitative estimate of drug-likeness (QED) is 0.563. The lowest BCUT2D eigenvalue weighted by Crippen LogP contribution is -2.19. The second-order valence-electron chi connectivity index (χ2n) is 3.43. The van der Waals surface area contributed by atoms with Gasteiger partial charge in [0.2, 0.25) is 0 Å². The van der Waals surface area contributed by atoms with E-state index in [4.69, 9.17) is 15.2 Å². The smallest absolute Gasteiger partial charge is 0.0700 e. The first-order valence-electron chi connectivity index (χ1n) is 5.36. The van der Waals surface area contributed by atoms with Crippen molar-refractivity contribution in [3.8, 4) is 0 Å². The minimum atomic E-state index is -0.763. The van der Waals surface area contributed by atoms with Crippen LogP contribution in [0, 0.1) is 0 Å². The van der Waals surface area contributed by atoms with Gasteiger partial charge in [-0.05, 0) is 19.4 Å². The molecular weight excluding hydrogens is 214 g/mol. The fraction of sp³-hybridized carbons (Fsp3) is 1.00. The topological polar surface area (TPSA) is 61.5 Å². The zero-order valence-corrected chi connectivity index (χ0v) is 10.6. The Hall–Kier alpha value is 0.0300. The third-order valence-electron chi connectivity index (χ3n) is 2.09. The first kappa shape index (κ1) is 15.0. The summed E-state index contributed by atoms with van der Waals surface area (Å²) in [5.41, 5.74) is 5.40. The lowest BCUT2D eigenvalue weighted by atomic mass is 10.3. The third kappa shape index (κ3) is 8.99. The molecule has 0 heterocycles. The molecule has 0 aromatic heterocycles. The van der Waals surface area contributed by atoms with Crippen molar-refractivity contribution in [3.63, 3.8) is 0 Å². The van der Waals surface area contributed by atoms with Gasteiger partial charge in [0.05, 0.1) is 13.2 Å². The molecule has 0 radical (unpaired) electrons. The molecule has 0 fully saturated rings. The van der Waals surface area contributed by atoms with Gasteiger partial charge in [-0.3, -0.25) is 4.21 Å². The highest BCUT2D eigenvalue weighted by Gasteiger charge is 2.09. The summed E-state index contributed by atoms with van der Waals surface area (Å²) in [6, 6.07) is 0. The Balaban J connectivity index is 3.30. The van der Waals surface area contributed by atoms with Gasteiger partial charge in [0.15, 0.2) is 0 Å². The van der Waals surface area contributed by atoms with Crippen LogP contribution in [0.2, 0.25) is 0 Å². The molecule has 0 aliphatic heterocycles. The number of nitrogens with two attached hydrogens (primary N) is 1. The van der Waals surface area contributed by atoms with E-state index in [0.717, 1.165) is 12.8 Å². The molecule has 0 amide bonds. The largest absolute Gasteiger partial charge is 0.382 e. The molecule has 2 unspecified atom stereocenters. The van der Waals surface area contributed by atoms with Crippen molar-refractivity contribution in [2.75, 3.05) is 39.2 Å². The van der Waals surface area contributed by atoms with Gasteiger partial charge >= 0.3 is 0 Å². The summed E-state index contributed by atoms with van der Waals surface area (Å²) in [6.07, 6.45) is 1.67. The van der Waals surface area contributed by atoms with Crippen LogP contribution >= 0.6 is 0 Å². The van der Waals surface area contributed by atoms with Gasteiger partial charge < -0.3 is 15.2 Å². The number of ether oxygens (including phenoxy) is 2. The van der Waals surface area contributed by atoms with Crippen LogP contribution in [0.4, 0.5) is 0 Å². The van der Waals surface area contributed by atoms with E-state index in [1.807, 2.05) is 6.92 Å². The molecule has 0 aliphatic carbocycles. The maximum absolute atomic E-state index is 11.6. The van der Waals surface area contributed by atoms with Crippen LogP contribution in [0.1, 0.15) is 19.8 Å². The van der Waals surface area contributed by atoms with Crippen LogP contribution in [-0.2, 0) is 20.3 Å². The zero-order valence-electron chi connectivity index (χ0n) is 9.74. The zero-order chi connectivity index (χ0) is 11.5. The molecule has 0 saturated heterocycles. The van der Waals surface area contributed by atoms with E-state index < -0.39 is 10.8 Å². The lowest BCUT2D eigenvalue weighted by molar-refractivity contribution is 0.0713. The maximum Gasteiger partial charge on any atom is 0.0700 e. The van der Waals surface area contributed by atoms with Crippen molar-refractivity contribution < 1.29 is 13.7 Å². The van der Waals surface area contributed by atoms with Gasteiger partial charge in [0.1, 0.15) is 0 Å². The highest BCUT2D eigenvalue weighted by atomic mass is 32.2. The van der Waals surface area contributed by atoms with Gasteiger partial charge in [0.25, 0.3) is 0 Å². The SMILES string of the molecule is COCCOCCCS(=O)C(C)CCN. The second-order valence-corrected chi connectivity index (χ2v) is 5.41. The van der Waals surface area contributed by atoms with Gasteiger partial charge in [-0.15, -0.1) is 0 Å². The van der Waals surface area contributed by atoms with E-state index >= 15 is 0 Å². The van der Waals surface area contributed by atoms with Crippen molar-refractivity contribution in [2.45, 2.75) is 25.0 Å². The van der Waals surface area contributed by atoms with Crippen LogP contribution in [0.3, 0.4) is 0 Å². The minimum absolute atomic E-state index is 0.203. The number of methoxy groups -OCH3 is 1. The van der Waals surface area contributed by atoms with E-state index in [0.29, 0.717) is 32.1 Å². The van der Waals surface area contributed by atoms with Crippen LogP contribution in [0.25, 0.3) is 0 Å². The molecular formula is C10H23NO3S. The summed E-state index contributed by atoms with van der Waals surface area (Å²) >= 11 is 0. The van der Waals surface area contributed by atoms with Crippen molar-refractivity contribution in [1.82, 2.24) is 0 Å². The maximum atomic E-state index is 11.6. The lowest BCUT2D eigenvalue weighted by Gasteiger charge is -2.09. The summed E-state index contributed by atoms with van der Waals surface area (Å²) in [4.78, 5) is 0. The minimum Gasteiger partial charge on any atom is -0.382 e. The van der Waals surface area contributed by atoms with E-state index in [2.05, 4.69) is 0 Å². The number of rotatable bonds is 10. The average molecular weight is 237 g/mol. The second kappa shape index (κ2) is 10.5. The summed E-state index contributed by atoms with van der Waals surface area (Å²) in [5.74, 6) is 0.703. The monoisotopic (exact) mass is 237 g/mol. The average Bonchev–Trinajstić information content (AvgIpc) is 2.23. The highest BCUT2D eigenvalue weighted by molar-refractivity contribution is 7.85. The Bertz CT molecular complexity index is 167. The molecule has 4 nitrogen and oxygen atoms in total. The molecule has 5 heteroatoms. The first-order chi connectivity index (χ1) is 7.22. The van der Waals surface area contributed by atoms with Gasteiger partial charge in [-0.2, -0.15) is 0 Å². The fourth-order valence-electron chi connectivity index (χ4n) is 1.11. The third-order valence-corrected chi connectivity index (χ3v) is 3.91. The Kier molecular flexibility index (Phi) is 10.6. The van der Waals surface area contributed by atoms with E-state index in [-0.39, 0.29) is 5.25 Å². The Morgan fingerprint density at radius 3 is 2.67 bits per heavy atom. The molecule has 92 valence electrons. The van der Waals surface area contributed by atoms with Gasteiger partial charge in [-0.1, -0.05) is 6.92 Å². The molecule has 0 saturated carbocycles. The van der Waals surface area contributed by atoms with Crippen LogP contribution in [0.15, 0.2) is 0 Å². The van der Waals surface area contributed by atoms with Crippen molar-refractivity contribution in [3.05, 3.63) is 0 Å². The molecule has 0 aromatic rings. The Labute approximate surface area is 95.0 Å².